The highest BCUT2D eigenvalue weighted by molar-refractivity contribution is 7.11. The summed E-state index contributed by atoms with van der Waals surface area (Å²) in [6, 6.07) is 4.78. The maximum atomic E-state index is 14.0. The minimum absolute atomic E-state index is 0.0630. The van der Waals surface area contributed by atoms with Gasteiger partial charge in [0.05, 0.1) is 13.2 Å². The summed E-state index contributed by atoms with van der Waals surface area (Å²) in [5.41, 5.74) is 0.551. The zero-order valence-electron chi connectivity index (χ0n) is 12.1. The molecule has 0 bridgehead atoms. The van der Waals surface area contributed by atoms with Gasteiger partial charge < -0.3 is 10.1 Å². The van der Waals surface area contributed by atoms with Gasteiger partial charge in [-0.3, -0.25) is 0 Å². The van der Waals surface area contributed by atoms with Gasteiger partial charge in [0.2, 0.25) is 0 Å². The number of halogens is 1. The van der Waals surface area contributed by atoms with E-state index in [1.807, 2.05) is 27.0 Å². The van der Waals surface area contributed by atoms with E-state index >= 15 is 0 Å². The maximum absolute atomic E-state index is 14.0. The normalized spacial score (nSPS) is 14.1. The molecule has 3 nitrogen and oxygen atoms in total. The van der Waals surface area contributed by atoms with Crippen LogP contribution >= 0.6 is 11.3 Å². The molecule has 0 saturated heterocycles. The zero-order valence-corrected chi connectivity index (χ0v) is 12.9. The van der Waals surface area contributed by atoms with Crippen molar-refractivity contribution in [1.29, 1.82) is 0 Å². The van der Waals surface area contributed by atoms with Gasteiger partial charge in [-0.2, -0.15) is 0 Å². The van der Waals surface area contributed by atoms with Crippen molar-refractivity contribution in [3.8, 4) is 5.75 Å². The lowest BCUT2D eigenvalue weighted by molar-refractivity contribution is 0.387. The molecule has 0 fully saturated rings. The van der Waals surface area contributed by atoms with Gasteiger partial charge in [0, 0.05) is 22.7 Å². The molecular formula is C15H19FN2OS. The third kappa shape index (κ3) is 3.16. The Morgan fingerprint density at radius 1 is 1.30 bits per heavy atom. The third-order valence-electron chi connectivity index (χ3n) is 3.18. The molecule has 5 heteroatoms. The van der Waals surface area contributed by atoms with Crippen molar-refractivity contribution < 1.29 is 9.13 Å². The molecule has 0 spiro atoms. The molecule has 0 aliphatic rings. The van der Waals surface area contributed by atoms with Crippen LogP contribution in [-0.2, 0) is 0 Å². The van der Waals surface area contributed by atoms with Gasteiger partial charge in [-0.05, 0) is 32.9 Å². The van der Waals surface area contributed by atoms with Gasteiger partial charge in [0.15, 0.2) is 0 Å². The molecular weight excluding hydrogens is 275 g/mol. The van der Waals surface area contributed by atoms with Gasteiger partial charge in [0.1, 0.15) is 16.6 Å². The number of nitrogens with zero attached hydrogens (tertiary/aromatic N) is 1. The molecule has 20 heavy (non-hydrogen) atoms. The summed E-state index contributed by atoms with van der Waals surface area (Å²) in [5.74, 6) is 0.305. The lowest BCUT2D eigenvalue weighted by Crippen LogP contribution is -2.23. The van der Waals surface area contributed by atoms with Crippen LogP contribution in [0, 0.1) is 12.7 Å². The molecule has 108 valence electrons. The number of aromatic nitrogens is 1. The standard InChI is InChI=1S/C15H19FN2OS/c1-9-8-17-15(20-9)11(3)18-10(2)14-12(16)6-5-7-13(14)19-4/h5-8,10-11,18H,1-4H3. The number of hydrogen-bond acceptors (Lipinski definition) is 4. The van der Waals surface area contributed by atoms with Crippen molar-refractivity contribution in [2.75, 3.05) is 7.11 Å². The molecule has 0 saturated carbocycles. The summed E-state index contributed by atoms with van der Waals surface area (Å²) >= 11 is 1.65. The zero-order chi connectivity index (χ0) is 14.7. The van der Waals surface area contributed by atoms with Crippen molar-refractivity contribution in [3.63, 3.8) is 0 Å². The van der Waals surface area contributed by atoms with Gasteiger partial charge in [0.25, 0.3) is 0 Å². The van der Waals surface area contributed by atoms with E-state index in [1.54, 1.807) is 30.6 Å². The molecule has 2 rings (SSSR count). The van der Waals surface area contributed by atoms with Crippen molar-refractivity contribution in [2.24, 2.45) is 0 Å². The van der Waals surface area contributed by atoms with E-state index in [-0.39, 0.29) is 17.9 Å². The number of benzene rings is 1. The largest absolute Gasteiger partial charge is 0.496 e. The molecule has 0 aliphatic heterocycles. The molecule has 0 radical (unpaired) electrons. The minimum atomic E-state index is -0.258. The Labute approximate surface area is 122 Å². The Bertz CT molecular complexity index is 585. The first-order valence-electron chi connectivity index (χ1n) is 6.53. The highest BCUT2D eigenvalue weighted by Gasteiger charge is 2.19. The Hall–Kier alpha value is -1.46. The average Bonchev–Trinajstić information content (AvgIpc) is 2.84. The van der Waals surface area contributed by atoms with Crippen LogP contribution in [0.4, 0.5) is 4.39 Å². The van der Waals surface area contributed by atoms with Gasteiger partial charge in [-0.25, -0.2) is 9.37 Å². The molecule has 1 aromatic heterocycles. The summed E-state index contributed by atoms with van der Waals surface area (Å²) in [6.45, 7) is 5.98. The monoisotopic (exact) mass is 294 g/mol. The van der Waals surface area contributed by atoms with Crippen LogP contribution in [0.15, 0.2) is 24.4 Å². The smallest absolute Gasteiger partial charge is 0.131 e. The molecule has 0 aliphatic carbocycles. The average molecular weight is 294 g/mol. The van der Waals surface area contributed by atoms with Crippen molar-refractivity contribution >= 4 is 11.3 Å². The van der Waals surface area contributed by atoms with Crippen molar-refractivity contribution in [1.82, 2.24) is 10.3 Å². The van der Waals surface area contributed by atoms with Crippen LogP contribution in [0.1, 0.15) is 41.4 Å². The van der Waals surface area contributed by atoms with E-state index in [4.69, 9.17) is 4.74 Å². The SMILES string of the molecule is COc1cccc(F)c1C(C)NC(C)c1ncc(C)s1. The van der Waals surface area contributed by atoms with Crippen LogP contribution < -0.4 is 10.1 Å². The number of aryl methyl sites for hydroxylation is 1. The number of hydrogen-bond donors (Lipinski definition) is 1. The molecule has 1 heterocycles. The van der Waals surface area contributed by atoms with Crippen molar-refractivity contribution in [2.45, 2.75) is 32.9 Å². The lowest BCUT2D eigenvalue weighted by Gasteiger charge is -2.21. The van der Waals surface area contributed by atoms with Gasteiger partial charge >= 0.3 is 0 Å². The fraction of sp³-hybridized carbons (Fsp3) is 0.400. The van der Waals surface area contributed by atoms with Crippen LogP contribution in [0.5, 0.6) is 5.75 Å². The van der Waals surface area contributed by atoms with Crippen molar-refractivity contribution in [3.05, 3.63) is 45.7 Å². The summed E-state index contributed by atoms with van der Waals surface area (Å²) in [5, 5.41) is 4.37. The Balaban J connectivity index is 2.18. The highest BCUT2D eigenvalue weighted by atomic mass is 32.1. The summed E-state index contributed by atoms with van der Waals surface area (Å²) in [4.78, 5) is 5.53. The van der Waals surface area contributed by atoms with E-state index in [2.05, 4.69) is 10.3 Å². The first-order valence-corrected chi connectivity index (χ1v) is 7.35. The number of thiazole rings is 1. The number of ether oxygens (including phenoxy) is 1. The van der Waals surface area contributed by atoms with E-state index in [0.29, 0.717) is 11.3 Å². The summed E-state index contributed by atoms with van der Waals surface area (Å²) in [6.07, 6.45) is 1.85. The Morgan fingerprint density at radius 3 is 2.65 bits per heavy atom. The molecule has 2 aromatic rings. The fourth-order valence-corrected chi connectivity index (χ4v) is 3.00. The van der Waals surface area contributed by atoms with E-state index in [1.165, 1.54) is 10.9 Å². The number of nitrogens with one attached hydrogen (secondary N) is 1. The Morgan fingerprint density at radius 2 is 2.05 bits per heavy atom. The van der Waals surface area contributed by atoms with E-state index in [0.717, 1.165) is 5.01 Å². The molecule has 2 atom stereocenters. The van der Waals surface area contributed by atoms with Crippen LogP contribution in [0.3, 0.4) is 0 Å². The number of methoxy groups -OCH3 is 1. The second kappa shape index (κ2) is 6.33. The van der Waals surface area contributed by atoms with E-state index < -0.39 is 0 Å². The fourth-order valence-electron chi connectivity index (χ4n) is 2.22. The number of rotatable bonds is 5. The van der Waals surface area contributed by atoms with Gasteiger partial charge in [-0.15, -0.1) is 11.3 Å². The molecule has 2 unspecified atom stereocenters. The van der Waals surface area contributed by atoms with Gasteiger partial charge in [-0.1, -0.05) is 6.07 Å². The molecule has 0 amide bonds. The molecule has 1 N–H and O–H groups in total. The summed E-state index contributed by atoms with van der Waals surface area (Å²) in [7, 11) is 1.55. The second-order valence-corrected chi connectivity index (χ2v) is 6.04. The Kier molecular flexibility index (Phi) is 4.73. The third-order valence-corrected chi connectivity index (χ3v) is 4.27. The quantitative estimate of drug-likeness (QED) is 0.904. The second-order valence-electron chi connectivity index (χ2n) is 4.77. The topological polar surface area (TPSA) is 34.1 Å². The maximum Gasteiger partial charge on any atom is 0.131 e. The van der Waals surface area contributed by atoms with Crippen LogP contribution in [0.2, 0.25) is 0 Å². The minimum Gasteiger partial charge on any atom is -0.496 e. The van der Waals surface area contributed by atoms with E-state index in [9.17, 15) is 4.39 Å². The first kappa shape index (κ1) is 14.9. The summed E-state index contributed by atoms with van der Waals surface area (Å²) < 4.78 is 19.3. The predicted molar refractivity (Wildman–Crippen MR) is 79.8 cm³/mol. The predicted octanol–water partition coefficient (Wildman–Crippen LogP) is 4.01. The lowest BCUT2D eigenvalue weighted by atomic mass is 10.1. The van der Waals surface area contributed by atoms with Crippen LogP contribution in [-0.4, -0.2) is 12.1 Å². The first-order chi connectivity index (χ1) is 9.52. The molecule has 1 aromatic carbocycles. The highest BCUT2D eigenvalue weighted by Crippen LogP contribution is 2.30. The van der Waals surface area contributed by atoms with Crippen LogP contribution in [0.25, 0.3) is 0 Å².